The van der Waals surface area contributed by atoms with Crippen LogP contribution in [0.1, 0.15) is 32.6 Å². The standard InChI is InChI=1S/C16H23NO3/c1-2-3-4-5-6-7-15(18)17-12-13-8-10-14(11-9-13)16(19)20/h2-7,13-14H,8-12H2,1H3,(H,17,18)(H,19,20)/t13-,14-. The SMILES string of the molecule is CC=CC=CC=CC(=O)NC[C@H]1CC[C@H](C(=O)O)CC1. The lowest BCUT2D eigenvalue weighted by Crippen LogP contribution is -2.31. The lowest BCUT2D eigenvalue weighted by molar-refractivity contribution is -0.143. The molecule has 0 atom stereocenters. The highest BCUT2D eigenvalue weighted by molar-refractivity contribution is 5.87. The second kappa shape index (κ2) is 9.13. The van der Waals surface area contributed by atoms with Crippen LogP contribution in [-0.4, -0.2) is 23.5 Å². The highest BCUT2D eigenvalue weighted by Crippen LogP contribution is 2.28. The molecule has 1 aliphatic rings. The summed E-state index contributed by atoms with van der Waals surface area (Å²) in [6, 6.07) is 0. The Kier molecular flexibility index (Phi) is 7.40. The molecular weight excluding hydrogens is 254 g/mol. The lowest BCUT2D eigenvalue weighted by atomic mass is 9.82. The van der Waals surface area contributed by atoms with Gasteiger partial charge in [0.2, 0.25) is 5.91 Å². The minimum atomic E-state index is -0.691. The molecule has 0 saturated heterocycles. The van der Waals surface area contributed by atoms with Crippen molar-refractivity contribution in [2.75, 3.05) is 6.54 Å². The van der Waals surface area contributed by atoms with Crippen LogP contribution < -0.4 is 5.32 Å². The molecule has 1 aliphatic carbocycles. The fraction of sp³-hybridized carbons (Fsp3) is 0.500. The molecule has 0 heterocycles. The summed E-state index contributed by atoms with van der Waals surface area (Å²) in [4.78, 5) is 22.4. The minimum absolute atomic E-state index is 0.101. The van der Waals surface area contributed by atoms with Gasteiger partial charge in [0.05, 0.1) is 5.92 Å². The lowest BCUT2D eigenvalue weighted by Gasteiger charge is -2.25. The smallest absolute Gasteiger partial charge is 0.306 e. The summed E-state index contributed by atoms with van der Waals surface area (Å²) >= 11 is 0. The maximum atomic E-state index is 11.5. The summed E-state index contributed by atoms with van der Waals surface area (Å²) in [7, 11) is 0. The van der Waals surface area contributed by atoms with Crippen LogP contribution in [-0.2, 0) is 9.59 Å². The van der Waals surface area contributed by atoms with Crippen molar-refractivity contribution in [3.8, 4) is 0 Å². The third-order valence-electron chi connectivity index (χ3n) is 3.53. The zero-order valence-electron chi connectivity index (χ0n) is 11.9. The van der Waals surface area contributed by atoms with E-state index in [1.165, 1.54) is 6.08 Å². The second-order valence-corrected chi connectivity index (χ2v) is 5.07. The Hall–Kier alpha value is -1.84. The van der Waals surface area contributed by atoms with Gasteiger partial charge in [-0.2, -0.15) is 0 Å². The van der Waals surface area contributed by atoms with Gasteiger partial charge in [0.25, 0.3) is 0 Å². The van der Waals surface area contributed by atoms with Crippen LogP contribution in [0.15, 0.2) is 36.5 Å². The average molecular weight is 277 g/mol. The summed E-state index contributed by atoms with van der Waals surface area (Å²) in [6.45, 7) is 2.56. The largest absolute Gasteiger partial charge is 0.481 e. The van der Waals surface area contributed by atoms with Gasteiger partial charge in [-0.15, -0.1) is 0 Å². The fourth-order valence-corrected chi connectivity index (χ4v) is 2.30. The van der Waals surface area contributed by atoms with Crippen molar-refractivity contribution >= 4 is 11.9 Å². The van der Waals surface area contributed by atoms with E-state index in [1.807, 2.05) is 25.2 Å². The molecule has 0 aromatic carbocycles. The van der Waals surface area contributed by atoms with Gasteiger partial charge in [-0.05, 0) is 38.5 Å². The number of allylic oxidation sites excluding steroid dienone is 5. The number of carboxylic acids is 1. The highest BCUT2D eigenvalue weighted by atomic mass is 16.4. The van der Waals surface area contributed by atoms with Gasteiger partial charge in [-0.25, -0.2) is 0 Å². The van der Waals surface area contributed by atoms with Crippen molar-refractivity contribution in [3.05, 3.63) is 36.5 Å². The van der Waals surface area contributed by atoms with E-state index in [1.54, 1.807) is 12.2 Å². The van der Waals surface area contributed by atoms with Gasteiger partial charge in [-0.1, -0.05) is 30.4 Å². The second-order valence-electron chi connectivity index (χ2n) is 5.07. The third kappa shape index (κ3) is 6.36. The van der Waals surface area contributed by atoms with E-state index in [-0.39, 0.29) is 11.8 Å². The summed E-state index contributed by atoms with van der Waals surface area (Å²) < 4.78 is 0. The van der Waals surface area contributed by atoms with Crippen LogP contribution in [0.3, 0.4) is 0 Å². The predicted molar refractivity (Wildman–Crippen MR) is 79.2 cm³/mol. The number of rotatable bonds is 6. The number of carbonyl (C=O) groups excluding carboxylic acids is 1. The molecular formula is C16H23NO3. The fourth-order valence-electron chi connectivity index (χ4n) is 2.30. The Bertz CT molecular complexity index is 402. The quantitative estimate of drug-likeness (QED) is 0.579. The van der Waals surface area contributed by atoms with Crippen LogP contribution in [0.5, 0.6) is 0 Å². The molecule has 4 heteroatoms. The van der Waals surface area contributed by atoms with Crippen molar-refractivity contribution in [1.29, 1.82) is 0 Å². The molecule has 1 rings (SSSR count). The van der Waals surface area contributed by atoms with E-state index < -0.39 is 5.97 Å². The first kappa shape index (κ1) is 16.2. The molecule has 0 spiro atoms. The van der Waals surface area contributed by atoms with Gasteiger partial charge in [-0.3, -0.25) is 9.59 Å². The number of amides is 1. The van der Waals surface area contributed by atoms with Crippen molar-refractivity contribution in [2.24, 2.45) is 11.8 Å². The van der Waals surface area contributed by atoms with Crippen molar-refractivity contribution in [3.63, 3.8) is 0 Å². The predicted octanol–water partition coefficient (Wildman–Crippen LogP) is 2.68. The minimum Gasteiger partial charge on any atom is -0.481 e. The summed E-state index contributed by atoms with van der Waals surface area (Å²) in [5.41, 5.74) is 0. The number of carboxylic acid groups (broad SMARTS) is 1. The van der Waals surface area contributed by atoms with Crippen LogP contribution in [0.2, 0.25) is 0 Å². The molecule has 0 bridgehead atoms. The molecule has 0 aromatic heterocycles. The van der Waals surface area contributed by atoms with E-state index in [9.17, 15) is 9.59 Å². The van der Waals surface area contributed by atoms with Crippen molar-refractivity contribution in [2.45, 2.75) is 32.6 Å². The first-order valence-corrected chi connectivity index (χ1v) is 7.10. The van der Waals surface area contributed by atoms with Gasteiger partial charge in [0, 0.05) is 12.6 Å². The molecule has 0 aliphatic heterocycles. The topological polar surface area (TPSA) is 66.4 Å². The number of hydrogen-bond donors (Lipinski definition) is 2. The number of aliphatic carboxylic acids is 1. The van der Waals surface area contributed by atoms with Crippen LogP contribution in [0.4, 0.5) is 0 Å². The normalized spacial score (nSPS) is 23.6. The van der Waals surface area contributed by atoms with Crippen molar-refractivity contribution in [1.82, 2.24) is 5.32 Å². The molecule has 4 nitrogen and oxygen atoms in total. The summed E-state index contributed by atoms with van der Waals surface area (Å²) in [5, 5.41) is 11.8. The summed E-state index contributed by atoms with van der Waals surface area (Å²) in [5.74, 6) is -0.584. The number of carbonyl (C=O) groups is 2. The first-order chi connectivity index (χ1) is 9.63. The molecule has 20 heavy (non-hydrogen) atoms. The van der Waals surface area contributed by atoms with Crippen LogP contribution in [0, 0.1) is 11.8 Å². The number of nitrogens with one attached hydrogen (secondary N) is 1. The molecule has 0 radical (unpaired) electrons. The third-order valence-corrected chi connectivity index (χ3v) is 3.53. The van der Waals surface area contributed by atoms with E-state index in [2.05, 4.69) is 5.32 Å². The first-order valence-electron chi connectivity index (χ1n) is 7.10. The molecule has 110 valence electrons. The molecule has 0 aromatic rings. The Morgan fingerprint density at radius 2 is 1.75 bits per heavy atom. The average Bonchev–Trinajstić information content (AvgIpc) is 2.45. The van der Waals surface area contributed by atoms with Crippen molar-refractivity contribution < 1.29 is 14.7 Å². The molecule has 1 fully saturated rings. The Balaban J connectivity index is 2.20. The van der Waals surface area contributed by atoms with E-state index >= 15 is 0 Å². The van der Waals surface area contributed by atoms with E-state index in [4.69, 9.17) is 5.11 Å². The summed E-state index contributed by atoms with van der Waals surface area (Å²) in [6.07, 6.45) is 13.9. The Morgan fingerprint density at radius 3 is 2.35 bits per heavy atom. The molecule has 0 unspecified atom stereocenters. The molecule has 1 amide bonds. The monoisotopic (exact) mass is 277 g/mol. The highest BCUT2D eigenvalue weighted by Gasteiger charge is 2.25. The van der Waals surface area contributed by atoms with Gasteiger partial charge in [0.15, 0.2) is 0 Å². The van der Waals surface area contributed by atoms with Gasteiger partial charge in [0.1, 0.15) is 0 Å². The zero-order chi connectivity index (χ0) is 14.8. The van der Waals surface area contributed by atoms with Gasteiger partial charge < -0.3 is 10.4 Å². The Morgan fingerprint density at radius 1 is 1.10 bits per heavy atom. The number of hydrogen-bond acceptors (Lipinski definition) is 2. The maximum absolute atomic E-state index is 11.5. The maximum Gasteiger partial charge on any atom is 0.306 e. The van der Waals surface area contributed by atoms with Crippen LogP contribution >= 0.6 is 0 Å². The van der Waals surface area contributed by atoms with E-state index in [0.717, 1.165) is 25.7 Å². The zero-order valence-corrected chi connectivity index (χ0v) is 11.9. The van der Waals surface area contributed by atoms with E-state index in [0.29, 0.717) is 12.5 Å². The van der Waals surface area contributed by atoms with Gasteiger partial charge >= 0.3 is 5.97 Å². The Labute approximate surface area is 120 Å². The van der Waals surface area contributed by atoms with Crippen LogP contribution in [0.25, 0.3) is 0 Å². The molecule has 1 saturated carbocycles. The molecule has 2 N–H and O–H groups in total.